The summed E-state index contributed by atoms with van der Waals surface area (Å²) in [7, 11) is 0. The first-order valence-electron chi connectivity index (χ1n) is 9.36. The van der Waals surface area contributed by atoms with E-state index in [2.05, 4.69) is 15.7 Å². The van der Waals surface area contributed by atoms with Crippen molar-refractivity contribution in [3.8, 4) is 11.1 Å². The van der Waals surface area contributed by atoms with Gasteiger partial charge in [0.15, 0.2) is 0 Å². The van der Waals surface area contributed by atoms with Gasteiger partial charge >= 0.3 is 0 Å². The van der Waals surface area contributed by atoms with Crippen molar-refractivity contribution in [1.82, 2.24) is 9.78 Å². The van der Waals surface area contributed by atoms with E-state index in [-0.39, 0.29) is 18.2 Å². The van der Waals surface area contributed by atoms with Gasteiger partial charge in [-0.1, -0.05) is 47.5 Å². The number of aryl methyl sites for hydroxylation is 3. The van der Waals surface area contributed by atoms with Gasteiger partial charge in [-0.05, 0) is 44.0 Å². The molecule has 7 heteroatoms. The summed E-state index contributed by atoms with van der Waals surface area (Å²) < 4.78 is 1.61. The molecule has 1 atom stereocenters. The van der Waals surface area contributed by atoms with E-state index in [0.717, 1.165) is 27.9 Å². The molecular weight excluding hydrogens is 388 g/mol. The Labute approximate surface area is 173 Å². The van der Waals surface area contributed by atoms with Gasteiger partial charge in [0, 0.05) is 5.56 Å². The molecule has 1 aliphatic heterocycles. The first-order chi connectivity index (χ1) is 13.8. The fourth-order valence-corrected chi connectivity index (χ4v) is 3.83. The van der Waals surface area contributed by atoms with Crippen molar-refractivity contribution in [2.45, 2.75) is 33.2 Å². The Kier molecular flexibility index (Phi) is 4.88. The van der Waals surface area contributed by atoms with Gasteiger partial charge < -0.3 is 10.6 Å². The minimum Gasteiger partial charge on any atom is -0.325 e. The highest BCUT2D eigenvalue weighted by Crippen LogP contribution is 2.38. The predicted molar refractivity (Wildman–Crippen MR) is 114 cm³/mol. The van der Waals surface area contributed by atoms with E-state index in [0.29, 0.717) is 16.5 Å². The second kappa shape index (κ2) is 7.37. The molecule has 0 saturated carbocycles. The number of benzene rings is 2. The smallest absolute Gasteiger partial charge is 0.251 e. The standard InChI is InChI=1S/C22H21ClN4O2/c1-12-4-7-15(8-5-12)20-14(3)26-27-18(22(29)25-21(20)27)11-19(28)24-17-9-6-13(2)10-16(17)23/h4-10,18H,11H2,1-3H3,(H,24,28)(H,25,29). The van der Waals surface area contributed by atoms with Crippen LogP contribution in [0.1, 0.15) is 29.3 Å². The summed E-state index contributed by atoms with van der Waals surface area (Å²) in [5.41, 5.74) is 5.34. The van der Waals surface area contributed by atoms with Gasteiger partial charge in [0.2, 0.25) is 5.91 Å². The number of aromatic nitrogens is 2. The number of rotatable bonds is 4. The van der Waals surface area contributed by atoms with Crippen molar-refractivity contribution >= 4 is 34.9 Å². The summed E-state index contributed by atoms with van der Waals surface area (Å²) >= 11 is 6.19. The van der Waals surface area contributed by atoms with Crippen LogP contribution >= 0.6 is 11.6 Å². The van der Waals surface area contributed by atoms with Crippen molar-refractivity contribution < 1.29 is 9.59 Å². The van der Waals surface area contributed by atoms with E-state index in [9.17, 15) is 9.59 Å². The maximum absolute atomic E-state index is 12.6. The van der Waals surface area contributed by atoms with Crippen LogP contribution in [0.25, 0.3) is 11.1 Å². The van der Waals surface area contributed by atoms with Crippen molar-refractivity contribution in [1.29, 1.82) is 0 Å². The monoisotopic (exact) mass is 408 g/mol. The zero-order valence-corrected chi connectivity index (χ0v) is 17.2. The Morgan fingerprint density at radius 1 is 1.14 bits per heavy atom. The van der Waals surface area contributed by atoms with Gasteiger partial charge in [-0.3, -0.25) is 9.59 Å². The lowest BCUT2D eigenvalue weighted by Gasteiger charge is -2.11. The van der Waals surface area contributed by atoms with Crippen molar-refractivity contribution in [3.63, 3.8) is 0 Å². The number of amides is 2. The molecule has 2 heterocycles. The zero-order valence-electron chi connectivity index (χ0n) is 16.4. The molecule has 148 valence electrons. The molecule has 0 fully saturated rings. The lowest BCUT2D eigenvalue weighted by atomic mass is 10.0. The third-order valence-corrected chi connectivity index (χ3v) is 5.36. The second-order valence-electron chi connectivity index (χ2n) is 7.36. The third-order valence-electron chi connectivity index (χ3n) is 5.04. The van der Waals surface area contributed by atoms with E-state index < -0.39 is 6.04 Å². The van der Waals surface area contributed by atoms with Crippen LogP contribution in [0.15, 0.2) is 42.5 Å². The number of fused-ring (bicyclic) bond motifs is 1. The topological polar surface area (TPSA) is 76.0 Å². The van der Waals surface area contributed by atoms with Crippen molar-refractivity contribution in [3.05, 3.63) is 64.3 Å². The van der Waals surface area contributed by atoms with Gasteiger partial charge in [-0.2, -0.15) is 5.10 Å². The van der Waals surface area contributed by atoms with Crippen LogP contribution < -0.4 is 10.6 Å². The fourth-order valence-electron chi connectivity index (χ4n) is 3.55. The van der Waals surface area contributed by atoms with Gasteiger partial charge in [0.05, 0.1) is 22.8 Å². The number of halogens is 1. The number of hydrogen-bond donors (Lipinski definition) is 2. The highest BCUT2D eigenvalue weighted by molar-refractivity contribution is 6.33. The molecule has 6 nitrogen and oxygen atoms in total. The first-order valence-corrected chi connectivity index (χ1v) is 9.74. The summed E-state index contributed by atoms with van der Waals surface area (Å²) in [6.45, 7) is 5.85. The molecule has 1 aliphatic rings. The molecule has 3 aromatic rings. The van der Waals surface area contributed by atoms with Crippen LogP contribution in [-0.4, -0.2) is 21.6 Å². The number of anilines is 2. The fraction of sp³-hybridized carbons (Fsp3) is 0.227. The summed E-state index contributed by atoms with van der Waals surface area (Å²) in [5, 5.41) is 10.7. The van der Waals surface area contributed by atoms with Gasteiger partial charge in [0.1, 0.15) is 11.9 Å². The average Bonchev–Trinajstić information content (AvgIpc) is 3.13. The van der Waals surface area contributed by atoms with Crippen LogP contribution in [0, 0.1) is 20.8 Å². The Morgan fingerprint density at radius 3 is 2.52 bits per heavy atom. The molecule has 1 unspecified atom stereocenters. The van der Waals surface area contributed by atoms with Crippen LogP contribution in [0.4, 0.5) is 11.5 Å². The summed E-state index contributed by atoms with van der Waals surface area (Å²) in [4.78, 5) is 25.1. The number of carbonyl (C=O) groups excluding carboxylic acids is 2. The molecule has 0 saturated heterocycles. The Morgan fingerprint density at radius 2 is 1.83 bits per heavy atom. The van der Waals surface area contributed by atoms with Crippen LogP contribution in [0.5, 0.6) is 0 Å². The molecule has 0 bridgehead atoms. The van der Waals surface area contributed by atoms with E-state index >= 15 is 0 Å². The highest BCUT2D eigenvalue weighted by Gasteiger charge is 2.36. The van der Waals surface area contributed by atoms with Crippen LogP contribution in [-0.2, 0) is 9.59 Å². The van der Waals surface area contributed by atoms with Crippen molar-refractivity contribution in [2.24, 2.45) is 0 Å². The van der Waals surface area contributed by atoms with Crippen LogP contribution in [0.3, 0.4) is 0 Å². The number of hydrogen-bond acceptors (Lipinski definition) is 3. The Bertz CT molecular complexity index is 1120. The average molecular weight is 409 g/mol. The lowest BCUT2D eigenvalue weighted by molar-refractivity contribution is -0.123. The van der Waals surface area contributed by atoms with Crippen LogP contribution in [0.2, 0.25) is 5.02 Å². The van der Waals surface area contributed by atoms with Gasteiger partial charge in [-0.15, -0.1) is 0 Å². The SMILES string of the molecule is Cc1ccc(-c2c(C)nn3c2NC(=O)C3CC(=O)Nc2ccc(C)cc2Cl)cc1. The Hall–Kier alpha value is -3.12. The summed E-state index contributed by atoms with van der Waals surface area (Å²) in [6.07, 6.45) is -0.0303. The molecule has 2 aromatic carbocycles. The van der Waals surface area contributed by atoms with Gasteiger partial charge in [-0.25, -0.2) is 4.68 Å². The summed E-state index contributed by atoms with van der Waals surface area (Å²) in [6, 6.07) is 12.8. The zero-order chi connectivity index (χ0) is 20.7. The minimum absolute atomic E-state index is 0.0303. The molecule has 1 aromatic heterocycles. The normalized spacial score (nSPS) is 15.2. The van der Waals surface area contributed by atoms with Gasteiger partial charge in [0.25, 0.3) is 5.91 Å². The molecule has 2 N–H and O–H groups in total. The summed E-state index contributed by atoms with van der Waals surface area (Å²) in [5.74, 6) is 0.0855. The Balaban J connectivity index is 1.58. The molecule has 0 aliphatic carbocycles. The second-order valence-corrected chi connectivity index (χ2v) is 7.77. The number of nitrogens with one attached hydrogen (secondary N) is 2. The van der Waals surface area contributed by atoms with Crippen molar-refractivity contribution in [2.75, 3.05) is 10.6 Å². The molecular formula is C22H21ClN4O2. The predicted octanol–water partition coefficient (Wildman–Crippen LogP) is 4.65. The van der Waals surface area contributed by atoms with E-state index in [1.54, 1.807) is 16.8 Å². The van der Waals surface area contributed by atoms with E-state index in [4.69, 9.17) is 11.6 Å². The van der Waals surface area contributed by atoms with E-state index in [1.807, 2.05) is 51.1 Å². The maximum atomic E-state index is 12.6. The first kappa shape index (κ1) is 19.2. The maximum Gasteiger partial charge on any atom is 0.251 e. The molecule has 0 spiro atoms. The number of carbonyl (C=O) groups is 2. The highest BCUT2D eigenvalue weighted by atomic mass is 35.5. The quantitative estimate of drug-likeness (QED) is 0.659. The largest absolute Gasteiger partial charge is 0.325 e. The molecule has 4 rings (SSSR count). The lowest BCUT2D eigenvalue weighted by Crippen LogP contribution is -2.24. The number of nitrogens with zero attached hydrogens (tertiary/aromatic N) is 2. The molecule has 29 heavy (non-hydrogen) atoms. The van der Waals surface area contributed by atoms with E-state index in [1.165, 1.54) is 0 Å². The molecule has 0 radical (unpaired) electrons. The third kappa shape index (κ3) is 3.63. The molecule has 2 amide bonds. The minimum atomic E-state index is -0.702.